The van der Waals surface area contributed by atoms with Crippen molar-refractivity contribution in [3.8, 4) is 5.75 Å². The fourth-order valence-corrected chi connectivity index (χ4v) is 2.14. The van der Waals surface area contributed by atoms with Gasteiger partial charge in [0.1, 0.15) is 5.75 Å². The third-order valence-electron chi connectivity index (χ3n) is 3.27. The van der Waals surface area contributed by atoms with Gasteiger partial charge in [0.25, 0.3) is 0 Å². The van der Waals surface area contributed by atoms with E-state index in [0.29, 0.717) is 30.3 Å². The zero-order valence-corrected chi connectivity index (χ0v) is 13.3. The van der Waals surface area contributed by atoms with Crippen LogP contribution in [-0.2, 0) is 11.2 Å². The summed E-state index contributed by atoms with van der Waals surface area (Å²) in [6.45, 7) is 0.957. The van der Waals surface area contributed by atoms with E-state index in [1.165, 1.54) is 0 Å². The molecule has 0 saturated heterocycles. The lowest BCUT2D eigenvalue weighted by Crippen LogP contribution is -2.30. The van der Waals surface area contributed by atoms with Crippen molar-refractivity contribution in [3.63, 3.8) is 0 Å². The largest absolute Gasteiger partial charge is 0.491 e. The maximum Gasteiger partial charge on any atom is 0.225 e. The summed E-state index contributed by atoms with van der Waals surface area (Å²) in [4.78, 5) is 18.0. The first-order valence-electron chi connectivity index (χ1n) is 7.18. The van der Waals surface area contributed by atoms with Crippen LogP contribution in [0.15, 0.2) is 48.7 Å². The van der Waals surface area contributed by atoms with Crippen molar-refractivity contribution in [2.45, 2.75) is 12.8 Å². The second-order valence-corrected chi connectivity index (χ2v) is 5.32. The third kappa shape index (κ3) is 5.04. The number of likely N-dealkylation sites (N-methyl/N-ethyl adjacent to an activating group) is 1. The highest BCUT2D eigenvalue weighted by Crippen LogP contribution is 2.23. The minimum absolute atomic E-state index is 0.0444. The summed E-state index contributed by atoms with van der Waals surface area (Å²) in [6, 6.07) is 13.0. The maximum absolute atomic E-state index is 12.0. The van der Waals surface area contributed by atoms with Crippen LogP contribution in [0.3, 0.4) is 0 Å². The van der Waals surface area contributed by atoms with E-state index in [9.17, 15) is 4.79 Å². The first-order valence-corrected chi connectivity index (χ1v) is 7.56. The number of amides is 1. The molecule has 22 heavy (non-hydrogen) atoms. The summed E-state index contributed by atoms with van der Waals surface area (Å²) in [5, 5.41) is 0.554. The SMILES string of the molecule is CN(CCc1ccccn1)C(=O)CCOc1ccccc1Cl. The molecule has 1 amide bonds. The van der Waals surface area contributed by atoms with Crippen molar-refractivity contribution in [2.24, 2.45) is 0 Å². The minimum atomic E-state index is 0.0444. The van der Waals surface area contributed by atoms with Crippen LogP contribution in [0.25, 0.3) is 0 Å². The molecule has 0 saturated carbocycles. The Kier molecular flexibility index (Phi) is 6.22. The van der Waals surface area contributed by atoms with Gasteiger partial charge >= 0.3 is 0 Å². The van der Waals surface area contributed by atoms with Crippen LogP contribution in [0.2, 0.25) is 5.02 Å². The zero-order chi connectivity index (χ0) is 15.8. The Balaban J connectivity index is 1.71. The van der Waals surface area contributed by atoms with Gasteiger partial charge in [0.15, 0.2) is 0 Å². The lowest BCUT2D eigenvalue weighted by molar-refractivity contribution is -0.130. The van der Waals surface area contributed by atoms with E-state index in [1.807, 2.05) is 30.3 Å². The molecule has 0 aliphatic rings. The number of nitrogens with zero attached hydrogens (tertiary/aromatic N) is 2. The van der Waals surface area contributed by atoms with Crippen molar-refractivity contribution >= 4 is 17.5 Å². The molecular weight excluding hydrogens is 300 g/mol. The number of carbonyl (C=O) groups is 1. The van der Waals surface area contributed by atoms with Crippen LogP contribution in [0, 0.1) is 0 Å². The molecule has 0 spiro atoms. The van der Waals surface area contributed by atoms with Crippen molar-refractivity contribution in [2.75, 3.05) is 20.2 Å². The van der Waals surface area contributed by atoms with Gasteiger partial charge in [-0.05, 0) is 24.3 Å². The quantitative estimate of drug-likeness (QED) is 0.787. The Morgan fingerprint density at radius 3 is 2.73 bits per heavy atom. The van der Waals surface area contributed by atoms with Crippen LogP contribution in [0.4, 0.5) is 0 Å². The van der Waals surface area contributed by atoms with Gasteiger partial charge in [-0.1, -0.05) is 29.8 Å². The molecule has 0 fully saturated rings. The number of benzene rings is 1. The van der Waals surface area contributed by atoms with Gasteiger partial charge in [-0.2, -0.15) is 0 Å². The van der Waals surface area contributed by atoms with Crippen molar-refractivity contribution in [1.29, 1.82) is 0 Å². The molecule has 0 radical (unpaired) electrons. The van der Waals surface area contributed by atoms with Crippen molar-refractivity contribution in [3.05, 3.63) is 59.4 Å². The van der Waals surface area contributed by atoms with Crippen LogP contribution < -0.4 is 4.74 Å². The lowest BCUT2D eigenvalue weighted by atomic mass is 10.2. The summed E-state index contributed by atoms with van der Waals surface area (Å²) in [5.74, 6) is 0.649. The first kappa shape index (κ1) is 16.3. The van der Waals surface area contributed by atoms with Crippen molar-refractivity contribution < 1.29 is 9.53 Å². The highest BCUT2D eigenvalue weighted by atomic mass is 35.5. The summed E-state index contributed by atoms with van der Waals surface area (Å²) in [5.41, 5.74) is 0.981. The molecule has 2 rings (SSSR count). The lowest BCUT2D eigenvalue weighted by Gasteiger charge is -2.17. The van der Waals surface area contributed by atoms with Gasteiger partial charge in [-0.15, -0.1) is 0 Å². The fraction of sp³-hybridized carbons (Fsp3) is 0.294. The monoisotopic (exact) mass is 318 g/mol. The molecule has 1 aromatic heterocycles. The second-order valence-electron chi connectivity index (χ2n) is 4.92. The summed E-state index contributed by atoms with van der Waals surface area (Å²) in [7, 11) is 1.79. The molecule has 4 nitrogen and oxygen atoms in total. The third-order valence-corrected chi connectivity index (χ3v) is 3.58. The van der Waals surface area contributed by atoms with Gasteiger partial charge in [0.05, 0.1) is 18.1 Å². The van der Waals surface area contributed by atoms with E-state index in [4.69, 9.17) is 16.3 Å². The van der Waals surface area contributed by atoms with Crippen LogP contribution in [0.5, 0.6) is 5.75 Å². The molecule has 0 N–H and O–H groups in total. The molecule has 0 unspecified atom stereocenters. The van der Waals surface area contributed by atoms with Crippen LogP contribution in [0.1, 0.15) is 12.1 Å². The average molecular weight is 319 g/mol. The Bertz CT molecular complexity index is 605. The Hall–Kier alpha value is -2.07. The smallest absolute Gasteiger partial charge is 0.225 e. The second kappa shape index (κ2) is 8.39. The standard InChI is InChI=1S/C17H19ClN2O2/c1-20(12-9-14-6-4-5-11-19-14)17(21)10-13-22-16-8-3-2-7-15(16)18/h2-8,11H,9-10,12-13H2,1H3. The van der Waals surface area contributed by atoms with E-state index >= 15 is 0 Å². The number of ether oxygens (including phenoxy) is 1. The zero-order valence-electron chi connectivity index (χ0n) is 12.5. The Labute approximate surface area is 135 Å². The molecule has 0 atom stereocenters. The fourth-order valence-electron chi connectivity index (χ4n) is 1.95. The Morgan fingerprint density at radius 1 is 1.23 bits per heavy atom. The van der Waals surface area contributed by atoms with Crippen LogP contribution in [-0.4, -0.2) is 36.0 Å². The predicted molar refractivity (Wildman–Crippen MR) is 87.1 cm³/mol. The van der Waals surface area contributed by atoms with Gasteiger partial charge in [0, 0.05) is 31.9 Å². The van der Waals surface area contributed by atoms with E-state index < -0.39 is 0 Å². The predicted octanol–water partition coefficient (Wildman–Crippen LogP) is 3.21. The number of carbonyl (C=O) groups excluding carboxylic acids is 1. The summed E-state index contributed by atoms with van der Waals surface area (Å²) < 4.78 is 5.53. The van der Waals surface area contributed by atoms with E-state index in [0.717, 1.165) is 12.1 Å². The average Bonchev–Trinajstić information content (AvgIpc) is 2.55. The van der Waals surface area contributed by atoms with Crippen molar-refractivity contribution in [1.82, 2.24) is 9.88 Å². The van der Waals surface area contributed by atoms with Gasteiger partial charge in [-0.25, -0.2) is 0 Å². The first-order chi connectivity index (χ1) is 10.7. The molecule has 1 heterocycles. The molecule has 0 bridgehead atoms. The van der Waals surface area contributed by atoms with E-state index in [-0.39, 0.29) is 5.91 Å². The molecule has 0 aliphatic carbocycles. The van der Waals surface area contributed by atoms with Gasteiger partial charge in [-0.3, -0.25) is 9.78 Å². The van der Waals surface area contributed by atoms with E-state index in [1.54, 1.807) is 30.3 Å². The molecule has 116 valence electrons. The van der Waals surface area contributed by atoms with Gasteiger partial charge < -0.3 is 9.64 Å². The normalized spacial score (nSPS) is 10.3. The number of pyridine rings is 1. The number of rotatable bonds is 7. The Morgan fingerprint density at radius 2 is 2.00 bits per heavy atom. The molecule has 0 aliphatic heterocycles. The molecular formula is C17H19ClN2O2. The molecule has 2 aromatic rings. The van der Waals surface area contributed by atoms with Gasteiger partial charge in [0.2, 0.25) is 5.91 Å². The minimum Gasteiger partial charge on any atom is -0.491 e. The number of hydrogen-bond donors (Lipinski definition) is 0. The number of aromatic nitrogens is 1. The highest BCUT2D eigenvalue weighted by molar-refractivity contribution is 6.32. The summed E-state index contributed by atoms with van der Waals surface area (Å²) in [6.07, 6.45) is 2.83. The van der Waals surface area contributed by atoms with Crippen LogP contribution >= 0.6 is 11.6 Å². The molecule has 5 heteroatoms. The topological polar surface area (TPSA) is 42.4 Å². The summed E-state index contributed by atoms with van der Waals surface area (Å²) >= 11 is 5.99. The maximum atomic E-state index is 12.0. The highest BCUT2D eigenvalue weighted by Gasteiger charge is 2.09. The number of hydrogen-bond acceptors (Lipinski definition) is 3. The van der Waals surface area contributed by atoms with E-state index in [2.05, 4.69) is 4.98 Å². The number of para-hydroxylation sites is 1. The molecule has 1 aromatic carbocycles. The number of halogens is 1.